The molecule has 2 fully saturated rings. The lowest BCUT2D eigenvalue weighted by Gasteiger charge is -2.31. The number of aromatic nitrogens is 4. The number of hydrogen-bond acceptors (Lipinski definition) is 6. The minimum atomic E-state index is -0.206. The zero-order chi connectivity index (χ0) is 22.5. The van der Waals surface area contributed by atoms with Gasteiger partial charge in [-0.05, 0) is 68.1 Å². The normalized spacial score (nSPS) is 19.8. The molecule has 174 valence electrons. The Hall–Kier alpha value is -2.29. The first-order valence-electron chi connectivity index (χ1n) is 11.8. The Bertz CT molecular complexity index is 1020. The molecule has 1 atom stereocenters. The Morgan fingerprint density at radius 3 is 2.61 bits per heavy atom. The molecule has 2 saturated heterocycles. The second-order valence-electron chi connectivity index (χ2n) is 8.91. The number of pyridine rings is 1. The average molecular weight is 468 g/mol. The van der Waals surface area contributed by atoms with Crippen molar-refractivity contribution in [3.05, 3.63) is 71.6 Å². The van der Waals surface area contributed by atoms with Gasteiger partial charge in [0, 0.05) is 37.2 Å². The Labute approximate surface area is 198 Å². The van der Waals surface area contributed by atoms with E-state index in [-0.39, 0.29) is 11.9 Å². The summed E-state index contributed by atoms with van der Waals surface area (Å²) in [6.45, 7) is 4.69. The van der Waals surface area contributed by atoms with Crippen LogP contribution in [0.3, 0.4) is 0 Å². The van der Waals surface area contributed by atoms with Gasteiger partial charge in [0.1, 0.15) is 11.6 Å². The molecule has 0 unspecified atom stereocenters. The Morgan fingerprint density at radius 2 is 1.88 bits per heavy atom. The first-order valence-corrected chi connectivity index (χ1v) is 12.8. The van der Waals surface area contributed by atoms with E-state index in [2.05, 4.69) is 30.7 Å². The first-order chi connectivity index (χ1) is 16.2. The molecule has 0 saturated carbocycles. The molecule has 1 aromatic carbocycles. The number of piperidine rings is 1. The van der Waals surface area contributed by atoms with Crippen LogP contribution in [0, 0.1) is 5.82 Å². The van der Waals surface area contributed by atoms with Crippen LogP contribution in [0.1, 0.15) is 48.6 Å². The molecule has 2 aromatic heterocycles. The fourth-order valence-corrected chi connectivity index (χ4v) is 5.61. The lowest BCUT2D eigenvalue weighted by Crippen LogP contribution is -2.33. The number of benzene rings is 1. The molecule has 0 N–H and O–H groups in total. The summed E-state index contributed by atoms with van der Waals surface area (Å²) < 4.78 is 21.5. The van der Waals surface area contributed by atoms with Gasteiger partial charge in [0.2, 0.25) is 0 Å². The van der Waals surface area contributed by atoms with Gasteiger partial charge in [-0.1, -0.05) is 30.0 Å². The van der Waals surface area contributed by atoms with Gasteiger partial charge in [0.05, 0.1) is 12.6 Å². The molecule has 0 amide bonds. The molecular weight excluding hydrogens is 437 g/mol. The highest BCUT2D eigenvalue weighted by Gasteiger charge is 2.28. The van der Waals surface area contributed by atoms with Crippen LogP contribution >= 0.6 is 11.8 Å². The van der Waals surface area contributed by atoms with Crippen molar-refractivity contribution in [3.63, 3.8) is 0 Å². The van der Waals surface area contributed by atoms with Crippen molar-refractivity contribution in [3.8, 4) is 0 Å². The molecule has 3 aromatic rings. The standard InChI is InChI=1S/C25H30FN5OS/c26-22-7-5-19(6-8-22)18-33-25-29-28-24(31(25)17-23-4-2-14-32-23)21-9-12-30(13-10-21)16-20-3-1-11-27-15-20/h1,3,5-8,11,15,21,23H,2,4,9-10,12-14,16-18H2/t23-/m1/s1. The third kappa shape index (κ3) is 5.80. The first kappa shape index (κ1) is 22.5. The summed E-state index contributed by atoms with van der Waals surface area (Å²) in [6, 6.07) is 10.8. The van der Waals surface area contributed by atoms with Gasteiger partial charge in [-0.2, -0.15) is 0 Å². The molecule has 5 rings (SSSR count). The average Bonchev–Trinajstić information content (AvgIpc) is 3.51. The Balaban J connectivity index is 1.26. The Kier molecular flexibility index (Phi) is 7.34. The summed E-state index contributed by atoms with van der Waals surface area (Å²) in [5.41, 5.74) is 2.34. The van der Waals surface area contributed by atoms with Crippen LogP contribution in [0.5, 0.6) is 0 Å². The summed E-state index contributed by atoms with van der Waals surface area (Å²) in [7, 11) is 0. The molecule has 8 heteroatoms. The van der Waals surface area contributed by atoms with Crippen LogP contribution < -0.4 is 0 Å². The van der Waals surface area contributed by atoms with E-state index < -0.39 is 0 Å². The van der Waals surface area contributed by atoms with Crippen molar-refractivity contribution >= 4 is 11.8 Å². The maximum absolute atomic E-state index is 13.2. The van der Waals surface area contributed by atoms with Crippen molar-refractivity contribution in [2.75, 3.05) is 19.7 Å². The summed E-state index contributed by atoms with van der Waals surface area (Å²) in [4.78, 5) is 6.74. The van der Waals surface area contributed by atoms with Crippen LogP contribution in [-0.2, 0) is 23.6 Å². The van der Waals surface area contributed by atoms with E-state index in [1.54, 1.807) is 11.8 Å². The van der Waals surface area contributed by atoms with E-state index in [1.807, 2.05) is 30.6 Å². The van der Waals surface area contributed by atoms with E-state index in [0.717, 1.165) is 80.8 Å². The summed E-state index contributed by atoms with van der Waals surface area (Å²) in [5, 5.41) is 10.2. The number of thioether (sulfide) groups is 1. The molecular formula is C25H30FN5OS. The molecule has 0 spiro atoms. The van der Waals surface area contributed by atoms with Crippen LogP contribution in [0.4, 0.5) is 4.39 Å². The third-order valence-electron chi connectivity index (χ3n) is 6.52. The van der Waals surface area contributed by atoms with Gasteiger partial charge in [0.15, 0.2) is 5.16 Å². The number of nitrogens with zero attached hydrogens (tertiary/aromatic N) is 5. The van der Waals surface area contributed by atoms with Gasteiger partial charge in [-0.15, -0.1) is 10.2 Å². The highest BCUT2D eigenvalue weighted by Crippen LogP contribution is 2.32. The van der Waals surface area contributed by atoms with Gasteiger partial charge >= 0.3 is 0 Å². The molecule has 0 aliphatic carbocycles. The lowest BCUT2D eigenvalue weighted by molar-refractivity contribution is 0.0931. The minimum absolute atomic E-state index is 0.206. The number of halogens is 1. The molecule has 2 aliphatic heterocycles. The molecule has 33 heavy (non-hydrogen) atoms. The monoisotopic (exact) mass is 467 g/mol. The number of likely N-dealkylation sites (tertiary alicyclic amines) is 1. The van der Waals surface area contributed by atoms with Crippen LogP contribution in [-0.4, -0.2) is 50.4 Å². The van der Waals surface area contributed by atoms with E-state index >= 15 is 0 Å². The second kappa shape index (κ2) is 10.8. The molecule has 0 radical (unpaired) electrons. The van der Waals surface area contributed by atoms with Crippen LogP contribution in [0.2, 0.25) is 0 Å². The maximum Gasteiger partial charge on any atom is 0.191 e. The smallest absolute Gasteiger partial charge is 0.191 e. The number of ether oxygens (including phenoxy) is 1. The minimum Gasteiger partial charge on any atom is -0.376 e. The second-order valence-corrected chi connectivity index (χ2v) is 9.86. The van der Waals surface area contributed by atoms with E-state index in [4.69, 9.17) is 4.74 Å². The Morgan fingerprint density at radius 1 is 1.03 bits per heavy atom. The summed E-state index contributed by atoms with van der Waals surface area (Å²) >= 11 is 1.67. The predicted octanol–water partition coefficient (Wildman–Crippen LogP) is 4.66. The molecule has 2 aliphatic rings. The van der Waals surface area contributed by atoms with Crippen LogP contribution in [0.25, 0.3) is 0 Å². The van der Waals surface area contributed by atoms with Gasteiger partial charge in [-0.25, -0.2) is 4.39 Å². The van der Waals surface area contributed by atoms with Crippen molar-refractivity contribution in [2.24, 2.45) is 0 Å². The van der Waals surface area contributed by atoms with Crippen molar-refractivity contribution < 1.29 is 9.13 Å². The molecule has 0 bridgehead atoms. The van der Waals surface area contributed by atoms with Crippen molar-refractivity contribution in [1.29, 1.82) is 0 Å². The summed E-state index contributed by atoms with van der Waals surface area (Å²) in [6.07, 6.45) is 8.36. The fraction of sp³-hybridized carbons (Fsp3) is 0.480. The quantitative estimate of drug-likeness (QED) is 0.449. The zero-order valence-corrected chi connectivity index (χ0v) is 19.6. The maximum atomic E-state index is 13.2. The van der Waals surface area contributed by atoms with Gasteiger partial charge < -0.3 is 9.30 Å². The fourth-order valence-electron chi connectivity index (χ4n) is 4.70. The predicted molar refractivity (Wildman–Crippen MR) is 126 cm³/mol. The molecule has 6 nitrogen and oxygen atoms in total. The SMILES string of the molecule is Fc1ccc(CSc2nnc(C3CCN(Cc4cccnc4)CC3)n2C[C@H]2CCCO2)cc1. The zero-order valence-electron chi connectivity index (χ0n) is 18.8. The lowest BCUT2D eigenvalue weighted by atomic mass is 9.95. The number of hydrogen-bond donors (Lipinski definition) is 0. The topological polar surface area (TPSA) is 56.1 Å². The van der Waals surface area contributed by atoms with Crippen molar-refractivity contribution in [1.82, 2.24) is 24.6 Å². The van der Waals surface area contributed by atoms with Crippen molar-refractivity contribution in [2.45, 2.75) is 61.7 Å². The molecule has 4 heterocycles. The van der Waals surface area contributed by atoms with E-state index in [0.29, 0.717) is 5.92 Å². The van der Waals surface area contributed by atoms with Gasteiger partial charge in [-0.3, -0.25) is 9.88 Å². The summed E-state index contributed by atoms with van der Waals surface area (Å²) in [5.74, 6) is 2.04. The van der Waals surface area contributed by atoms with Gasteiger partial charge in [0.25, 0.3) is 0 Å². The van der Waals surface area contributed by atoms with E-state index in [9.17, 15) is 4.39 Å². The highest BCUT2D eigenvalue weighted by atomic mass is 32.2. The third-order valence-corrected chi connectivity index (χ3v) is 7.56. The number of rotatable bonds is 8. The largest absolute Gasteiger partial charge is 0.376 e. The van der Waals surface area contributed by atoms with E-state index in [1.165, 1.54) is 17.7 Å². The van der Waals surface area contributed by atoms with Crippen LogP contribution in [0.15, 0.2) is 53.9 Å². The highest BCUT2D eigenvalue weighted by molar-refractivity contribution is 7.98.